The predicted molar refractivity (Wildman–Crippen MR) is 92.7 cm³/mol. The first-order valence-corrected chi connectivity index (χ1v) is 8.21. The van der Waals surface area contributed by atoms with Crippen molar-refractivity contribution in [2.24, 2.45) is 5.73 Å². The summed E-state index contributed by atoms with van der Waals surface area (Å²) >= 11 is 0. The van der Waals surface area contributed by atoms with Gasteiger partial charge in [0, 0.05) is 6.54 Å². The van der Waals surface area contributed by atoms with Gasteiger partial charge in [0.25, 0.3) is 0 Å². The number of benzene rings is 1. The third-order valence-electron chi connectivity index (χ3n) is 4.00. The largest absolute Gasteiger partial charge is 0.487 e. The highest BCUT2D eigenvalue weighted by atomic mass is 16.5. The van der Waals surface area contributed by atoms with E-state index >= 15 is 0 Å². The van der Waals surface area contributed by atoms with Crippen LogP contribution in [0.1, 0.15) is 50.1 Å². The van der Waals surface area contributed by atoms with E-state index in [-0.39, 0.29) is 5.41 Å². The highest BCUT2D eigenvalue weighted by Crippen LogP contribution is 2.32. The topological polar surface area (TPSA) is 66.0 Å². The summed E-state index contributed by atoms with van der Waals surface area (Å²) < 4.78 is 7.91. The Labute approximate surface area is 138 Å². The molecule has 0 amide bonds. The Morgan fingerprint density at radius 3 is 2.61 bits per heavy atom. The Morgan fingerprint density at radius 1 is 1.26 bits per heavy atom. The van der Waals surface area contributed by atoms with E-state index in [0.29, 0.717) is 19.7 Å². The number of nitrogens with two attached hydrogens (primary N) is 1. The monoisotopic (exact) mass is 316 g/mol. The Morgan fingerprint density at radius 2 is 2.00 bits per heavy atom. The van der Waals surface area contributed by atoms with E-state index in [4.69, 9.17) is 10.5 Å². The summed E-state index contributed by atoms with van der Waals surface area (Å²) in [6, 6.07) is 4.49. The van der Waals surface area contributed by atoms with E-state index < -0.39 is 0 Å². The first-order valence-electron chi connectivity index (χ1n) is 8.21. The average Bonchev–Trinajstić information content (AvgIpc) is 2.92. The van der Waals surface area contributed by atoms with Crippen molar-refractivity contribution in [2.75, 3.05) is 6.54 Å². The number of aryl methyl sites for hydroxylation is 2. The maximum absolute atomic E-state index is 6.12. The van der Waals surface area contributed by atoms with Gasteiger partial charge >= 0.3 is 0 Å². The van der Waals surface area contributed by atoms with Crippen molar-refractivity contribution in [1.82, 2.24) is 15.0 Å². The fraction of sp³-hybridized carbons (Fsp3) is 0.556. The minimum absolute atomic E-state index is 0.136. The Bertz CT molecular complexity index is 656. The molecule has 2 aromatic rings. The summed E-state index contributed by atoms with van der Waals surface area (Å²) in [5.74, 6) is 0.973. The summed E-state index contributed by atoms with van der Waals surface area (Å²) in [6.07, 6.45) is 2.68. The zero-order valence-electron chi connectivity index (χ0n) is 14.9. The van der Waals surface area contributed by atoms with Crippen LogP contribution in [0.4, 0.5) is 0 Å². The summed E-state index contributed by atoms with van der Waals surface area (Å²) in [4.78, 5) is 0. The van der Waals surface area contributed by atoms with Crippen LogP contribution in [0.3, 0.4) is 0 Å². The van der Waals surface area contributed by atoms with Crippen molar-refractivity contribution in [1.29, 1.82) is 0 Å². The van der Waals surface area contributed by atoms with Crippen LogP contribution < -0.4 is 10.5 Å². The van der Waals surface area contributed by atoms with Gasteiger partial charge in [-0.25, -0.2) is 4.68 Å². The molecule has 0 aliphatic rings. The molecule has 5 heteroatoms. The number of aromatic nitrogens is 3. The normalized spacial score (nSPS) is 11.7. The van der Waals surface area contributed by atoms with Crippen molar-refractivity contribution in [3.63, 3.8) is 0 Å². The van der Waals surface area contributed by atoms with E-state index in [1.807, 2.05) is 0 Å². The van der Waals surface area contributed by atoms with Gasteiger partial charge in [0.05, 0.1) is 18.4 Å². The Kier molecular flexibility index (Phi) is 5.42. The average molecular weight is 316 g/mol. The first kappa shape index (κ1) is 17.5. The van der Waals surface area contributed by atoms with Gasteiger partial charge in [0.1, 0.15) is 12.4 Å². The van der Waals surface area contributed by atoms with Crippen LogP contribution in [0.15, 0.2) is 18.3 Å². The molecule has 1 aromatic heterocycles. The molecule has 0 atom stereocenters. The Balaban J connectivity index is 2.24. The van der Waals surface area contributed by atoms with Gasteiger partial charge in [-0.2, -0.15) is 0 Å². The number of hydrogen-bond donors (Lipinski definition) is 1. The molecule has 126 valence electrons. The third kappa shape index (κ3) is 4.10. The van der Waals surface area contributed by atoms with Crippen molar-refractivity contribution >= 4 is 0 Å². The minimum atomic E-state index is 0.136. The van der Waals surface area contributed by atoms with Gasteiger partial charge < -0.3 is 10.5 Å². The van der Waals surface area contributed by atoms with Crippen LogP contribution in [0.25, 0.3) is 0 Å². The molecule has 0 unspecified atom stereocenters. The molecule has 1 heterocycles. The molecule has 2 N–H and O–H groups in total. The second-order valence-electron chi connectivity index (χ2n) is 6.91. The molecule has 0 saturated carbocycles. The van der Waals surface area contributed by atoms with Crippen LogP contribution in [-0.4, -0.2) is 21.5 Å². The molecule has 0 saturated heterocycles. The van der Waals surface area contributed by atoms with Gasteiger partial charge in [-0.1, -0.05) is 45.0 Å². The zero-order chi connectivity index (χ0) is 17.0. The second kappa shape index (κ2) is 7.13. The SMILES string of the molecule is CCc1cc(C(C)(C)C)cc(C)c1OCc1cnnn1CCN. The molecular weight excluding hydrogens is 288 g/mol. The number of ether oxygens (including phenoxy) is 1. The third-order valence-corrected chi connectivity index (χ3v) is 4.00. The fourth-order valence-electron chi connectivity index (χ4n) is 2.60. The fourth-order valence-corrected chi connectivity index (χ4v) is 2.60. The molecular formula is C18H28N4O. The van der Waals surface area contributed by atoms with E-state index in [0.717, 1.165) is 17.9 Å². The maximum Gasteiger partial charge on any atom is 0.132 e. The van der Waals surface area contributed by atoms with Gasteiger partial charge in [-0.15, -0.1) is 5.10 Å². The van der Waals surface area contributed by atoms with Crippen molar-refractivity contribution in [3.8, 4) is 5.75 Å². The van der Waals surface area contributed by atoms with Crippen LogP contribution >= 0.6 is 0 Å². The van der Waals surface area contributed by atoms with E-state index in [9.17, 15) is 0 Å². The van der Waals surface area contributed by atoms with Crippen LogP contribution in [0.2, 0.25) is 0 Å². The smallest absolute Gasteiger partial charge is 0.132 e. The number of nitrogens with zero attached hydrogens (tertiary/aromatic N) is 3. The number of rotatable bonds is 6. The Hall–Kier alpha value is -1.88. The lowest BCUT2D eigenvalue weighted by Gasteiger charge is -2.23. The molecule has 0 spiro atoms. The molecule has 0 aliphatic heterocycles. The first-order chi connectivity index (χ1) is 10.9. The van der Waals surface area contributed by atoms with Crippen molar-refractivity contribution < 1.29 is 4.74 Å². The highest BCUT2D eigenvalue weighted by molar-refractivity contribution is 5.46. The van der Waals surface area contributed by atoms with Gasteiger partial charge in [0.2, 0.25) is 0 Å². The zero-order valence-corrected chi connectivity index (χ0v) is 14.9. The lowest BCUT2D eigenvalue weighted by molar-refractivity contribution is 0.287. The summed E-state index contributed by atoms with van der Waals surface area (Å²) in [7, 11) is 0. The van der Waals surface area contributed by atoms with E-state index in [1.54, 1.807) is 10.9 Å². The predicted octanol–water partition coefficient (Wildman–Crippen LogP) is 2.98. The summed E-state index contributed by atoms with van der Waals surface area (Å²) in [5, 5.41) is 7.98. The van der Waals surface area contributed by atoms with Crippen LogP contribution in [-0.2, 0) is 25.0 Å². The molecule has 1 aromatic carbocycles. The molecule has 0 fully saturated rings. The standard InChI is InChI=1S/C18H28N4O/c1-6-14-10-15(18(3,4)5)9-13(2)17(14)23-12-16-11-20-21-22(16)8-7-19/h9-11H,6-8,12,19H2,1-5H3. The second-order valence-corrected chi connectivity index (χ2v) is 6.91. The van der Waals surface area contributed by atoms with E-state index in [2.05, 4.69) is 57.1 Å². The minimum Gasteiger partial charge on any atom is -0.487 e. The quantitative estimate of drug-likeness (QED) is 0.889. The van der Waals surface area contributed by atoms with E-state index in [1.165, 1.54) is 16.7 Å². The molecule has 5 nitrogen and oxygen atoms in total. The molecule has 0 aliphatic carbocycles. The lowest BCUT2D eigenvalue weighted by atomic mass is 9.84. The van der Waals surface area contributed by atoms with Gasteiger partial charge in [-0.3, -0.25) is 0 Å². The van der Waals surface area contributed by atoms with Gasteiger partial charge in [0.15, 0.2) is 0 Å². The maximum atomic E-state index is 6.12. The molecule has 23 heavy (non-hydrogen) atoms. The number of hydrogen-bond acceptors (Lipinski definition) is 4. The summed E-state index contributed by atoms with van der Waals surface area (Å²) in [6.45, 7) is 12.6. The van der Waals surface area contributed by atoms with Crippen LogP contribution in [0.5, 0.6) is 5.75 Å². The van der Waals surface area contributed by atoms with Crippen molar-refractivity contribution in [3.05, 3.63) is 40.7 Å². The molecule has 0 radical (unpaired) electrons. The molecule has 2 rings (SSSR count). The lowest BCUT2D eigenvalue weighted by Crippen LogP contribution is -2.15. The molecule has 0 bridgehead atoms. The van der Waals surface area contributed by atoms with Crippen LogP contribution in [0, 0.1) is 6.92 Å². The highest BCUT2D eigenvalue weighted by Gasteiger charge is 2.18. The summed E-state index contributed by atoms with van der Waals surface area (Å²) in [5.41, 5.74) is 10.4. The van der Waals surface area contributed by atoms with Crippen molar-refractivity contribution in [2.45, 2.75) is 59.6 Å². The van der Waals surface area contributed by atoms with Gasteiger partial charge in [-0.05, 0) is 35.4 Å².